The summed E-state index contributed by atoms with van der Waals surface area (Å²) < 4.78 is 15.8. The molecule has 0 saturated carbocycles. The summed E-state index contributed by atoms with van der Waals surface area (Å²) in [5, 5.41) is 0. The summed E-state index contributed by atoms with van der Waals surface area (Å²) >= 11 is 0. The van der Waals surface area contributed by atoms with Gasteiger partial charge in [-0.2, -0.15) is 9.97 Å². The predicted octanol–water partition coefficient (Wildman–Crippen LogP) is 1.83. The summed E-state index contributed by atoms with van der Waals surface area (Å²) in [6.07, 6.45) is 0.906. The lowest BCUT2D eigenvalue weighted by Gasteiger charge is -2.10. The van der Waals surface area contributed by atoms with E-state index in [2.05, 4.69) is 21.9 Å². The number of hydrogen-bond acceptors (Lipinski definition) is 7. The molecule has 2 rings (SSSR count). The van der Waals surface area contributed by atoms with Crippen molar-refractivity contribution in [2.45, 2.75) is 13.3 Å². The molecular formula is C13H16N4O3. The summed E-state index contributed by atoms with van der Waals surface area (Å²) in [6.45, 7) is 2.06. The Kier molecular flexibility index (Phi) is 4.19. The number of hydrogen-bond donors (Lipinski definition) is 1. The highest BCUT2D eigenvalue weighted by molar-refractivity contribution is 5.44. The van der Waals surface area contributed by atoms with Crippen LogP contribution in [0.5, 0.6) is 23.5 Å². The molecule has 1 aromatic carbocycles. The number of ether oxygens (including phenoxy) is 3. The third-order valence-corrected chi connectivity index (χ3v) is 2.63. The molecule has 0 bridgehead atoms. The maximum Gasteiger partial charge on any atom is 0.330 e. The lowest BCUT2D eigenvalue weighted by Crippen LogP contribution is -2.03. The number of rotatable bonds is 5. The first kappa shape index (κ1) is 13.9. The zero-order valence-electron chi connectivity index (χ0n) is 11.6. The minimum atomic E-state index is 0.0241. The van der Waals surface area contributed by atoms with Gasteiger partial charge >= 0.3 is 12.0 Å². The molecule has 0 atom stereocenters. The van der Waals surface area contributed by atoms with Crippen molar-refractivity contribution in [2.24, 2.45) is 0 Å². The number of nitrogen functional groups attached to an aromatic ring is 1. The summed E-state index contributed by atoms with van der Waals surface area (Å²) in [5.74, 6) is 1.12. The lowest BCUT2D eigenvalue weighted by atomic mass is 10.1. The van der Waals surface area contributed by atoms with Gasteiger partial charge in [-0.05, 0) is 24.1 Å². The van der Waals surface area contributed by atoms with E-state index in [1.165, 1.54) is 7.11 Å². The van der Waals surface area contributed by atoms with Crippen LogP contribution in [-0.4, -0.2) is 29.2 Å². The number of nitrogens with two attached hydrogens (primary N) is 1. The Morgan fingerprint density at radius 2 is 1.75 bits per heavy atom. The maximum absolute atomic E-state index is 5.58. The topological polar surface area (TPSA) is 92.4 Å². The molecule has 0 amide bonds. The smallest absolute Gasteiger partial charge is 0.330 e. The average Bonchev–Trinajstić information content (AvgIpc) is 2.47. The average molecular weight is 276 g/mol. The van der Waals surface area contributed by atoms with Crippen molar-refractivity contribution in [1.29, 1.82) is 0 Å². The van der Waals surface area contributed by atoms with Crippen LogP contribution in [-0.2, 0) is 6.42 Å². The highest BCUT2D eigenvalue weighted by atomic mass is 16.5. The first-order valence-electron chi connectivity index (χ1n) is 6.06. The van der Waals surface area contributed by atoms with Crippen LogP contribution in [0.4, 0.5) is 5.95 Å². The van der Waals surface area contributed by atoms with Gasteiger partial charge in [0.05, 0.1) is 14.2 Å². The van der Waals surface area contributed by atoms with E-state index >= 15 is 0 Å². The molecule has 0 aliphatic heterocycles. The minimum Gasteiger partial charge on any atom is -0.493 e. The largest absolute Gasteiger partial charge is 0.493 e. The first-order chi connectivity index (χ1) is 9.66. The van der Waals surface area contributed by atoms with Crippen LogP contribution in [0.15, 0.2) is 18.2 Å². The summed E-state index contributed by atoms with van der Waals surface area (Å²) in [4.78, 5) is 11.6. The minimum absolute atomic E-state index is 0.0241. The van der Waals surface area contributed by atoms with Gasteiger partial charge in [-0.1, -0.05) is 13.0 Å². The molecule has 1 aromatic heterocycles. The second-order valence-corrected chi connectivity index (χ2v) is 3.90. The van der Waals surface area contributed by atoms with Gasteiger partial charge in [0.1, 0.15) is 0 Å². The van der Waals surface area contributed by atoms with Crippen LogP contribution in [0.25, 0.3) is 0 Å². The van der Waals surface area contributed by atoms with E-state index in [0.717, 1.165) is 12.0 Å². The van der Waals surface area contributed by atoms with Gasteiger partial charge in [0.25, 0.3) is 0 Å². The third kappa shape index (κ3) is 3.05. The van der Waals surface area contributed by atoms with Crippen LogP contribution in [0, 0.1) is 0 Å². The second kappa shape index (κ2) is 6.05. The van der Waals surface area contributed by atoms with E-state index in [4.69, 9.17) is 19.9 Å². The van der Waals surface area contributed by atoms with E-state index in [1.54, 1.807) is 13.2 Å². The van der Waals surface area contributed by atoms with Crippen LogP contribution in [0.1, 0.15) is 12.5 Å². The van der Waals surface area contributed by atoms with Gasteiger partial charge in [-0.15, -0.1) is 4.98 Å². The molecule has 0 spiro atoms. The maximum atomic E-state index is 5.58. The number of benzene rings is 1. The molecule has 106 valence electrons. The van der Waals surface area contributed by atoms with E-state index in [0.29, 0.717) is 11.5 Å². The number of nitrogens with zero attached hydrogens (tertiary/aromatic N) is 3. The van der Waals surface area contributed by atoms with Crippen molar-refractivity contribution in [3.05, 3.63) is 23.8 Å². The molecule has 1 heterocycles. The molecule has 0 aliphatic rings. The Hall–Kier alpha value is -2.57. The van der Waals surface area contributed by atoms with Gasteiger partial charge in [0, 0.05) is 0 Å². The van der Waals surface area contributed by atoms with E-state index in [9.17, 15) is 0 Å². The predicted molar refractivity (Wildman–Crippen MR) is 73.2 cm³/mol. The summed E-state index contributed by atoms with van der Waals surface area (Å²) in [7, 11) is 3.01. The monoisotopic (exact) mass is 276 g/mol. The molecule has 0 radical (unpaired) electrons. The van der Waals surface area contributed by atoms with Crippen molar-refractivity contribution in [1.82, 2.24) is 15.0 Å². The van der Waals surface area contributed by atoms with Crippen molar-refractivity contribution in [3.8, 4) is 23.5 Å². The number of anilines is 1. The third-order valence-electron chi connectivity index (χ3n) is 2.63. The lowest BCUT2D eigenvalue weighted by molar-refractivity contribution is 0.346. The van der Waals surface area contributed by atoms with Gasteiger partial charge in [0.15, 0.2) is 11.5 Å². The van der Waals surface area contributed by atoms with Gasteiger partial charge in [-0.3, -0.25) is 0 Å². The normalized spacial score (nSPS) is 10.2. The van der Waals surface area contributed by atoms with Crippen LogP contribution >= 0.6 is 0 Å². The fourth-order valence-electron chi connectivity index (χ4n) is 1.60. The Balaban J connectivity index is 2.31. The van der Waals surface area contributed by atoms with Gasteiger partial charge in [-0.25, -0.2) is 0 Å². The van der Waals surface area contributed by atoms with Crippen LogP contribution in [0.2, 0.25) is 0 Å². The van der Waals surface area contributed by atoms with E-state index in [1.807, 2.05) is 12.1 Å². The number of methoxy groups -OCH3 is 2. The molecule has 0 fully saturated rings. The molecule has 0 aliphatic carbocycles. The Bertz CT molecular complexity index is 604. The van der Waals surface area contributed by atoms with E-state index in [-0.39, 0.29) is 18.0 Å². The quantitative estimate of drug-likeness (QED) is 0.890. The Labute approximate surface area is 116 Å². The molecule has 7 nitrogen and oxygen atoms in total. The molecule has 2 N–H and O–H groups in total. The van der Waals surface area contributed by atoms with Crippen molar-refractivity contribution >= 4 is 5.95 Å². The summed E-state index contributed by atoms with van der Waals surface area (Å²) in [5.41, 5.74) is 6.69. The van der Waals surface area contributed by atoms with Crippen molar-refractivity contribution in [2.75, 3.05) is 20.0 Å². The van der Waals surface area contributed by atoms with Crippen molar-refractivity contribution in [3.63, 3.8) is 0 Å². The number of aryl methyl sites for hydroxylation is 1. The number of aromatic nitrogens is 3. The first-order valence-corrected chi connectivity index (χ1v) is 6.06. The Morgan fingerprint density at radius 1 is 1.00 bits per heavy atom. The SMILES string of the molecule is CCc1ccc(Oc2nc(N)nc(OC)n2)c(OC)c1. The highest BCUT2D eigenvalue weighted by Gasteiger charge is 2.11. The zero-order chi connectivity index (χ0) is 14.5. The molecule has 20 heavy (non-hydrogen) atoms. The van der Waals surface area contributed by atoms with Gasteiger partial charge in [0.2, 0.25) is 5.95 Å². The van der Waals surface area contributed by atoms with Gasteiger partial charge < -0.3 is 19.9 Å². The van der Waals surface area contributed by atoms with Crippen molar-refractivity contribution < 1.29 is 14.2 Å². The molecular weight excluding hydrogens is 260 g/mol. The second-order valence-electron chi connectivity index (χ2n) is 3.90. The Morgan fingerprint density at radius 3 is 2.40 bits per heavy atom. The molecule has 7 heteroatoms. The van der Waals surface area contributed by atoms with E-state index < -0.39 is 0 Å². The summed E-state index contributed by atoms with van der Waals surface area (Å²) in [6, 6.07) is 5.79. The fourth-order valence-corrected chi connectivity index (χ4v) is 1.60. The fraction of sp³-hybridized carbons (Fsp3) is 0.308. The van der Waals surface area contributed by atoms with Crippen LogP contribution in [0.3, 0.4) is 0 Å². The van der Waals surface area contributed by atoms with Crippen LogP contribution < -0.4 is 19.9 Å². The standard InChI is InChI=1S/C13H16N4O3/c1-4-8-5-6-9(10(7-8)18-2)20-13-16-11(14)15-12(17-13)19-3/h5-7H,4H2,1-3H3,(H2,14,15,16,17). The zero-order valence-corrected chi connectivity index (χ0v) is 11.6. The molecule has 2 aromatic rings. The highest BCUT2D eigenvalue weighted by Crippen LogP contribution is 2.31. The molecule has 0 saturated heterocycles. The molecule has 0 unspecified atom stereocenters.